The number of Topliss-reactive ketones (excluding diaryl/α,β-unsaturated/α-hetero) is 2. The zero-order valence-electron chi connectivity index (χ0n) is 26.7. The number of nitrogens with zero attached hydrogens (tertiary/aromatic N) is 2. The number of methoxy groups -OCH3 is 1. The molecule has 2 fully saturated rings. The van der Waals surface area contributed by atoms with Crippen molar-refractivity contribution in [3.05, 3.63) is 89.6 Å². The van der Waals surface area contributed by atoms with E-state index in [1.165, 1.54) is 7.11 Å². The topological polar surface area (TPSA) is 107 Å². The molecule has 9 nitrogen and oxygen atoms in total. The molecule has 2 heterocycles. The number of carbonyl (C=O) groups excluding carboxylic acids is 3. The number of ether oxygens (including phenoxy) is 3. The normalized spacial score (nSPS) is 18.6. The maximum absolute atomic E-state index is 13.3. The third kappa shape index (κ3) is 6.46. The first-order valence-electron chi connectivity index (χ1n) is 15.7. The van der Waals surface area contributed by atoms with Crippen LogP contribution in [0.1, 0.15) is 43.4 Å². The van der Waals surface area contributed by atoms with Crippen molar-refractivity contribution < 1.29 is 28.6 Å². The third-order valence-electron chi connectivity index (χ3n) is 9.04. The summed E-state index contributed by atoms with van der Waals surface area (Å²) >= 11 is 0. The van der Waals surface area contributed by atoms with E-state index >= 15 is 0 Å². The first-order chi connectivity index (χ1) is 22.2. The van der Waals surface area contributed by atoms with Crippen LogP contribution in [0.4, 0.5) is 4.79 Å². The van der Waals surface area contributed by atoms with Gasteiger partial charge in [-0.1, -0.05) is 42.0 Å². The second-order valence-electron chi connectivity index (χ2n) is 12.5. The highest BCUT2D eigenvalue weighted by atomic mass is 16.6. The van der Waals surface area contributed by atoms with Gasteiger partial charge in [0.25, 0.3) is 0 Å². The smallest absolute Gasteiger partial charge is 0.415 e. The Bertz CT molecular complexity index is 1750. The van der Waals surface area contributed by atoms with Gasteiger partial charge in [-0.25, -0.2) is 4.79 Å². The lowest BCUT2D eigenvalue weighted by atomic mass is 9.88. The molecule has 1 aromatic heterocycles. The molecule has 1 N–H and O–H groups in total. The number of nitrogens with one attached hydrogen (secondary N) is 1. The number of aromatic nitrogens is 1. The zero-order valence-corrected chi connectivity index (χ0v) is 26.7. The van der Waals surface area contributed by atoms with E-state index in [-0.39, 0.29) is 42.2 Å². The van der Waals surface area contributed by atoms with Crippen LogP contribution in [0.2, 0.25) is 0 Å². The first-order valence-corrected chi connectivity index (χ1v) is 15.7. The van der Waals surface area contributed by atoms with Gasteiger partial charge in [0.2, 0.25) is 0 Å². The lowest BCUT2D eigenvalue weighted by Crippen LogP contribution is -2.57. The van der Waals surface area contributed by atoms with E-state index < -0.39 is 11.5 Å². The van der Waals surface area contributed by atoms with Gasteiger partial charge >= 0.3 is 6.09 Å². The molecular weight excluding hydrogens is 582 g/mol. The van der Waals surface area contributed by atoms with Crippen LogP contribution in [0.5, 0.6) is 23.0 Å². The molecule has 0 spiro atoms. The Morgan fingerprint density at radius 1 is 0.848 bits per heavy atom. The van der Waals surface area contributed by atoms with E-state index in [1.807, 2.05) is 57.2 Å². The van der Waals surface area contributed by atoms with Crippen molar-refractivity contribution in [2.75, 3.05) is 20.2 Å². The second-order valence-corrected chi connectivity index (χ2v) is 12.5. The number of carbonyl (C=O) groups is 3. The SMILES string of the molecule is COc1cc2nccc(Oc3ccc(CC(=O)C4(C(=O)Cc5ccc(C)cc5)CC4)cc3)c2cc1OC(=O)N1[C@H](C)CNC[C@@H]1C. The fraction of sp³-hybridized carbons (Fsp3) is 0.351. The molecule has 2 atom stereocenters. The minimum Gasteiger partial charge on any atom is -0.493 e. The summed E-state index contributed by atoms with van der Waals surface area (Å²) in [5.74, 6) is 1.73. The summed E-state index contributed by atoms with van der Waals surface area (Å²) in [6, 6.07) is 20.3. The molecule has 3 aromatic carbocycles. The summed E-state index contributed by atoms with van der Waals surface area (Å²) in [5, 5.41) is 3.96. The third-order valence-corrected chi connectivity index (χ3v) is 9.04. The number of hydrogen-bond acceptors (Lipinski definition) is 8. The molecule has 2 aliphatic rings. The number of pyridine rings is 1. The van der Waals surface area contributed by atoms with Crippen molar-refractivity contribution in [3.8, 4) is 23.0 Å². The molecule has 1 aliphatic heterocycles. The number of piperazine rings is 1. The van der Waals surface area contributed by atoms with E-state index in [0.717, 1.165) is 16.7 Å². The fourth-order valence-corrected chi connectivity index (χ4v) is 6.15. The van der Waals surface area contributed by atoms with Crippen LogP contribution in [0.15, 0.2) is 72.9 Å². The summed E-state index contributed by atoms with van der Waals surface area (Å²) in [6.07, 6.45) is 2.89. The van der Waals surface area contributed by atoms with Crippen LogP contribution in [0.25, 0.3) is 10.9 Å². The summed E-state index contributed by atoms with van der Waals surface area (Å²) in [5.41, 5.74) is 2.65. The molecule has 0 radical (unpaired) electrons. The monoisotopic (exact) mass is 621 g/mol. The van der Waals surface area contributed by atoms with Crippen LogP contribution in [0.3, 0.4) is 0 Å². The van der Waals surface area contributed by atoms with Crippen molar-refractivity contribution in [1.29, 1.82) is 0 Å². The minimum absolute atomic E-state index is 0.00418. The Labute approximate surface area is 268 Å². The number of fused-ring (bicyclic) bond motifs is 1. The highest BCUT2D eigenvalue weighted by molar-refractivity contribution is 6.11. The fourth-order valence-electron chi connectivity index (χ4n) is 6.15. The van der Waals surface area contributed by atoms with Crippen LogP contribution in [-0.4, -0.2) is 59.8 Å². The summed E-state index contributed by atoms with van der Waals surface area (Å²) in [6.45, 7) is 7.35. The summed E-state index contributed by atoms with van der Waals surface area (Å²) in [7, 11) is 1.52. The standard InChI is InChI=1S/C37H39N3O6/c1-23-5-7-26(8-6-23)17-34(41)37(14-15-37)35(42)18-27-9-11-28(12-10-27)45-31-13-16-39-30-20-32(44-4)33(19-29(30)31)46-36(43)40-24(2)21-38-22-25(40)3/h5-13,16,19-20,24-25,38H,14-15,17-18,21-22H2,1-4H3/t24-,25+. The van der Waals surface area contributed by atoms with Gasteiger partial charge in [0, 0.05) is 55.7 Å². The van der Waals surface area contributed by atoms with E-state index in [0.29, 0.717) is 54.1 Å². The lowest BCUT2D eigenvalue weighted by molar-refractivity contribution is -0.133. The van der Waals surface area contributed by atoms with E-state index in [9.17, 15) is 14.4 Å². The van der Waals surface area contributed by atoms with E-state index in [4.69, 9.17) is 14.2 Å². The van der Waals surface area contributed by atoms with Gasteiger partial charge < -0.3 is 19.5 Å². The van der Waals surface area contributed by atoms with E-state index in [2.05, 4.69) is 10.3 Å². The maximum atomic E-state index is 13.3. The Hall–Kier alpha value is -4.76. The summed E-state index contributed by atoms with van der Waals surface area (Å²) in [4.78, 5) is 45.8. The van der Waals surface area contributed by atoms with Crippen LogP contribution in [-0.2, 0) is 22.4 Å². The zero-order chi connectivity index (χ0) is 32.4. The molecule has 1 saturated heterocycles. The quantitative estimate of drug-likeness (QED) is 0.208. The van der Waals surface area contributed by atoms with Gasteiger partial charge in [0.15, 0.2) is 23.1 Å². The molecule has 6 rings (SSSR count). The van der Waals surface area contributed by atoms with Crippen molar-refractivity contribution in [2.24, 2.45) is 5.41 Å². The van der Waals surface area contributed by atoms with Crippen LogP contribution >= 0.6 is 0 Å². The van der Waals surface area contributed by atoms with Gasteiger partial charge in [-0.2, -0.15) is 0 Å². The number of amides is 1. The molecular formula is C37H39N3O6. The molecule has 1 saturated carbocycles. The number of hydrogen-bond donors (Lipinski definition) is 1. The molecule has 1 aliphatic carbocycles. The number of ketones is 2. The van der Waals surface area contributed by atoms with Crippen LogP contribution in [0, 0.1) is 12.3 Å². The molecule has 1 amide bonds. The Kier molecular flexibility index (Phi) is 8.77. The van der Waals surface area contributed by atoms with Gasteiger partial charge in [-0.15, -0.1) is 0 Å². The predicted octanol–water partition coefficient (Wildman–Crippen LogP) is 6.23. The Morgan fingerprint density at radius 3 is 2.04 bits per heavy atom. The van der Waals surface area contributed by atoms with Crippen molar-refractivity contribution in [3.63, 3.8) is 0 Å². The van der Waals surface area contributed by atoms with Crippen molar-refractivity contribution in [2.45, 2.75) is 58.5 Å². The molecule has 0 bridgehead atoms. The Morgan fingerprint density at radius 2 is 1.46 bits per heavy atom. The highest BCUT2D eigenvalue weighted by Gasteiger charge is 2.54. The lowest BCUT2D eigenvalue weighted by Gasteiger charge is -2.38. The van der Waals surface area contributed by atoms with Gasteiger partial charge in [-0.05, 0) is 69.0 Å². The number of aryl methyl sites for hydroxylation is 1. The molecule has 9 heteroatoms. The average Bonchev–Trinajstić information content (AvgIpc) is 3.86. The van der Waals surface area contributed by atoms with Crippen LogP contribution < -0.4 is 19.5 Å². The molecule has 238 valence electrons. The number of rotatable bonds is 10. The first kappa shape index (κ1) is 31.2. The summed E-state index contributed by atoms with van der Waals surface area (Å²) < 4.78 is 17.7. The Balaban J connectivity index is 1.15. The van der Waals surface area contributed by atoms with Gasteiger partial charge in [0.1, 0.15) is 11.5 Å². The predicted molar refractivity (Wildman–Crippen MR) is 175 cm³/mol. The van der Waals surface area contributed by atoms with Crippen molar-refractivity contribution >= 4 is 28.6 Å². The van der Waals surface area contributed by atoms with Crippen molar-refractivity contribution in [1.82, 2.24) is 15.2 Å². The largest absolute Gasteiger partial charge is 0.493 e. The van der Waals surface area contributed by atoms with Gasteiger partial charge in [-0.3, -0.25) is 19.5 Å². The molecule has 46 heavy (non-hydrogen) atoms. The molecule has 0 unspecified atom stereocenters. The van der Waals surface area contributed by atoms with Gasteiger partial charge in [0.05, 0.1) is 18.0 Å². The minimum atomic E-state index is -0.862. The molecule has 4 aromatic rings. The maximum Gasteiger partial charge on any atom is 0.415 e. The second kappa shape index (κ2) is 12.9. The average molecular weight is 622 g/mol. The highest BCUT2D eigenvalue weighted by Crippen LogP contribution is 2.49. The van der Waals surface area contributed by atoms with E-state index in [1.54, 1.807) is 41.4 Å². The number of benzene rings is 3.